The van der Waals surface area contributed by atoms with Gasteiger partial charge in [-0.05, 0) is 20.9 Å². The number of nitrogens with zero attached hydrogens (tertiary/aromatic N) is 1. The molecular formula is C8H14N2O2. The summed E-state index contributed by atoms with van der Waals surface area (Å²) in [6.45, 7) is 3.86. The minimum atomic E-state index is -0.355. The molecule has 0 saturated carbocycles. The average molecular weight is 170 g/mol. The normalized spacial score (nSPS) is 13.2. The van der Waals surface area contributed by atoms with Crippen molar-refractivity contribution >= 4 is 0 Å². The Labute approximate surface area is 72.1 Å². The summed E-state index contributed by atoms with van der Waals surface area (Å²) in [5.41, 5.74) is 0.910. The lowest BCUT2D eigenvalue weighted by Crippen LogP contribution is -2.17. The van der Waals surface area contributed by atoms with Crippen molar-refractivity contribution in [2.75, 3.05) is 13.6 Å². The predicted molar refractivity (Wildman–Crippen MR) is 48.4 cm³/mol. The van der Waals surface area contributed by atoms with Crippen molar-refractivity contribution in [3.63, 3.8) is 0 Å². The Morgan fingerprint density at radius 1 is 1.67 bits per heavy atom. The molecule has 0 atom stereocenters. The van der Waals surface area contributed by atoms with Gasteiger partial charge in [0.05, 0.1) is 11.5 Å². The van der Waals surface area contributed by atoms with E-state index in [-0.39, 0.29) is 10.6 Å². The summed E-state index contributed by atoms with van der Waals surface area (Å²) < 4.78 is 0. The quantitative estimate of drug-likeness (QED) is 0.393. The molecule has 0 heterocycles. The minimum Gasteiger partial charge on any atom is -0.310 e. The first kappa shape index (κ1) is 10.8. The molecule has 0 aromatic heterocycles. The third-order valence-corrected chi connectivity index (χ3v) is 1.44. The van der Waals surface area contributed by atoms with Gasteiger partial charge in [0, 0.05) is 5.57 Å². The maximum absolute atomic E-state index is 10.5. The van der Waals surface area contributed by atoms with Crippen LogP contribution < -0.4 is 5.32 Å². The highest BCUT2D eigenvalue weighted by molar-refractivity contribution is 5.19. The molecule has 0 aliphatic heterocycles. The Morgan fingerprint density at radius 3 is 2.58 bits per heavy atom. The van der Waals surface area contributed by atoms with Crippen LogP contribution in [0.3, 0.4) is 0 Å². The topological polar surface area (TPSA) is 55.2 Å². The second kappa shape index (κ2) is 5.49. The first-order valence-corrected chi connectivity index (χ1v) is 3.75. The minimum absolute atomic E-state index is 0.218. The van der Waals surface area contributed by atoms with Crippen LogP contribution in [0.2, 0.25) is 0 Å². The van der Waals surface area contributed by atoms with Crippen molar-refractivity contribution in [3.8, 4) is 0 Å². The lowest BCUT2D eigenvalue weighted by Gasteiger charge is -1.99. The van der Waals surface area contributed by atoms with Gasteiger partial charge in [0.15, 0.2) is 0 Å². The largest absolute Gasteiger partial charge is 0.310 e. The van der Waals surface area contributed by atoms with Gasteiger partial charge < -0.3 is 5.32 Å². The molecule has 0 bridgehead atoms. The Bertz CT molecular complexity index is 219. The lowest BCUT2D eigenvalue weighted by molar-refractivity contribution is -0.426. The number of rotatable bonds is 4. The van der Waals surface area contributed by atoms with Crippen molar-refractivity contribution in [2.45, 2.75) is 13.8 Å². The maximum Gasteiger partial charge on any atom is 0.262 e. The molecule has 4 nitrogen and oxygen atoms in total. The summed E-state index contributed by atoms with van der Waals surface area (Å²) in [5.74, 6) is 0. The molecule has 0 spiro atoms. The van der Waals surface area contributed by atoms with E-state index < -0.39 is 0 Å². The molecule has 0 unspecified atom stereocenters. The monoisotopic (exact) mass is 170 g/mol. The molecule has 68 valence electrons. The molecule has 0 aromatic rings. The van der Waals surface area contributed by atoms with Gasteiger partial charge in [-0.25, -0.2) is 0 Å². The van der Waals surface area contributed by atoms with Crippen LogP contribution >= 0.6 is 0 Å². The van der Waals surface area contributed by atoms with E-state index in [4.69, 9.17) is 0 Å². The van der Waals surface area contributed by atoms with Gasteiger partial charge in [-0.3, -0.25) is 10.1 Å². The van der Waals surface area contributed by atoms with Crippen molar-refractivity contribution in [1.29, 1.82) is 0 Å². The first-order valence-electron chi connectivity index (χ1n) is 3.75. The Balaban J connectivity index is 4.67. The van der Waals surface area contributed by atoms with E-state index in [0.29, 0.717) is 12.1 Å². The van der Waals surface area contributed by atoms with E-state index >= 15 is 0 Å². The molecule has 1 N–H and O–H groups in total. The van der Waals surface area contributed by atoms with E-state index in [1.54, 1.807) is 26.1 Å². The van der Waals surface area contributed by atoms with E-state index in [2.05, 4.69) is 5.32 Å². The second-order valence-electron chi connectivity index (χ2n) is 2.42. The summed E-state index contributed by atoms with van der Waals surface area (Å²) in [4.78, 5) is 10.1. The van der Waals surface area contributed by atoms with Crippen LogP contribution in [-0.2, 0) is 0 Å². The van der Waals surface area contributed by atoms with Crippen LogP contribution in [0.4, 0.5) is 0 Å². The van der Waals surface area contributed by atoms with Crippen LogP contribution in [0, 0.1) is 10.1 Å². The van der Waals surface area contributed by atoms with Gasteiger partial charge in [0.25, 0.3) is 5.70 Å². The first-order chi connectivity index (χ1) is 5.63. The molecule has 0 fully saturated rings. The zero-order chi connectivity index (χ0) is 9.56. The van der Waals surface area contributed by atoms with Crippen molar-refractivity contribution < 1.29 is 4.92 Å². The number of hydrogen-bond acceptors (Lipinski definition) is 3. The molecule has 0 aliphatic rings. The molecule has 4 heteroatoms. The molecule has 0 rings (SSSR count). The van der Waals surface area contributed by atoms with Crippen LogP contribution in [0.15, 0.2) is 23.4 Å². The predicted octanol–water partition coefficient (Wildman–Crippen LogP) is 1.33. The van der Waals surface area contributed by atoms with Crippen molar-refractivity contribution in [2.24, 2.45) is 0 Å². The van der Waals surface area contributed by atoms with Crippen LogP contribution in [0.5, 0.6) is 0 Å². The fourth-order valence-electron chi connectivity index (χ4n) is 0.862. The molecule has 0 aliphatic carbocycles. The van der Waals surface area contributed by atoms with Crippen molar-refractivity contribution in [3.05, 3.63) is 33.5 Å². The lowest BCUT2D eigenvalue weighted by atomic mass is 10.2. The summed E-state index contributed by atoms with van der Waals surface area (Å²) in [7, 11) is 1.69. The number of likely N-dealkylation sites (N-methyl/N-ethyl adjacent to an activating group) is 1. The molecule has 12 heavy (non-hydrogen) atoms. The fourth-order valence-corrected chi connectivity index (χ4v) is 0.862. The van der Waals surface area contributed by atoms with E-state index in [0.717, 1.165) is 0 Å². The zero-order valence-corrected chi connectivity index (χ0v) is 7.63. The Morgan fingerprint density at radius 2 is 2.25 bits per heavy atom. The van der Waals surface area contributed by atoms with Gasteiger partial charge in [-0.2, -0.15) is 0 Å². The zero-order valence-electron chi connectivity index (χ0n) is 7.63. The third kappa shape index (κ3) is 3.30. The molecule has 0 radical (unpaired) electrons. The number of hydrogen-bond donors (Lipinski definition) is 1. The van der Waals surface area contributed by atoms with Gasteiger partial charge in [0.2, 0.25) is 0 Å². The Kier molecular flexibility index (Phi) is 4.96. The van der Waals surface area contributed by atoms with Gasteiger partial charge in [0.1, 0.15) is 0 Å². The standard InChI is InChI=1S/C8H14N2O2/c1-4-5-7(2)8(6-9-3)10(11)12/h4-5,9H,6H2,1-3H3/b5-4-,8-7+. The average Bonchev–Trinajstić information content (AvgIpc) is 1.99. The molecular weight excluding hydrogens is 156 g/mol. The Hall–Kier alpha value is -1.16. The highest BCUT2D eigenvalue weighted by atomic mass is 16.6. The van der Waals surface area contributed by atoms with Gasteiger partial charge >= 0.3 is 0 Å². The number of allylic oxidation sites excluding steroid dienone is 3. The van der Waals surface area contributed by atoms with E-state index in [1.165, 1.54) is 0 Å². The smallest absolute Gasteiger partial charge is 0.262 e. The summed E-state index contributed by atoms with van der Waals surface area (Å²) in [5, 5.41) is 13.2. The summed E-state index contributed by atoms with van der Waals surface area (Å²) >= 11 is 0. The highest BCUT2D eigenvalue weighted by Gasteiger charge is 2.11. The third-order valence-electron chi connectivity index (χ3n) is 1.44. The van der Waals surface area contributed by atoms with Gasteiger partial charge in [-0.15, -0.1) is 0 Å². The van der Waals surface area contributed by atoms with E-state index in [1.807, 2.05) is 6.92 Å². The summed E-state index contributed by atoms with van der Waals surface area (Å²) in [6.07, 6.45) is 3.52. The molecule has 0 amide bonds. The second-order valence-corrected chi connectivity index (χ2v) is 2.42. The maximum atomic E-state index is 10.5. The van der Waals surface area contributed by atoms with Crippen LogP contribution in [0.25, 0.3) is 0 Å². The fraction of sp³-hybridized carbons (Fsp3) is 0.500. The van der Waals surface area contributed by atoms with Gasteiger partial charge in [-0.1, -0.05) is 12.2 Å². The van der Waals surface area contributed by atoms with E-state index in [9.17, 15) is 10.1 Å². The molecule has 0 saturated heterocycles. The highest BCUT2D eigenvalue weighted by Crippen LogP contribution is 2.04. The van der Waals surface area contributed by atoms with Crippen LogP contribution in [-0.4, -0.2) is 18.5 Å². The van der Waals surface area contributed by atoms with Crippen molar-refractivity contribution in [1.82, 2.24) is 5.32 Å². The number of nitrogens with one attached hydrogen (secondary N) is 1. The summed E-state index contributed by atoms with van der Waals surface area (Å²) in [6, 6.07) is 0. The number of nitro groups is 1. The SMILES string of the molecule is C/C=C\C(C)=C(/CNC)[N+](=O)[O-]. The molecule has 0 aromatic carbocycles. The van der Waals surface area contributed by atoms with Crippen LogP contribution in [0.1, 0.15) is 13.8 Å².